The van der Waals surface area contributed by atoms with Gasteiger partial charge in [0.1, 0.15) is 0 Å². The summed E-state index contributed by atoms with van der Waals surface area (Å²) in [4.78, 5) is 0. The molecule has 2 fully saturated rings. The van der Waals surface area contributed by atoms with E-state index in [1.54, 1.807) is 14.2 Å². The first-order valence-electron chi connectivity index (χ1n) is 10.4. The SMILES string of the molecule is COc1ccc([C@@H]2OC(O)C[C@@H]3[C@H]2CC(O)O[C@H]3c2ccc3c(c2)OCO3)cc1OC. The number of ether oxygens (including phenoxy) is 6. The van der Waals surface area contributed by atoms with Crippen LogP contribution in [0, 0.1) is 11.8 Å². The van der Waals surface area contributed by atoms with Gasteiger partial charge in [-0.2, -0.15) is 0 Å². The van der Waals surface area contributed by atoms with Gasteiger partial charge in [-0.3, -0.25) is 0 Å². The van der Waals surface area contributed by atoms with Crippen LogP contribution in [0.15, 0.2) is 36.4 Å². The van der Waals surface area contributed by atoms with Crippen molar-refractivity contribution < 1.29 is 38.6 Å². The summed E-state index contributed by atoms with van der Waals surface area (Å²) in [6.45, 7) is 0.187. The van der Waals surface area contributed by atoms with Crippen LogP contribution in [0.1, 0.15) is 36.2 Å². The van der Waals surface area contributed by atoms with Crippen molar-refractivity contribution in [2.75, 3.05) is 21.0 Å². The fourth-order valence-electron chi connectivity index (χ4n) is 4.93. The quantitative estimate of drug-likeness (QED) is 0.765. The Morgan fingerprint density at radius 3 is 1.97 bits per heavy atom. The number of aliphatic hydroxyl groups is 2. The molecule has 2 aromatic rings. The average molecular weight is 430 g/mol. The van der Waals surface area contributed by atoms with Crippen molar-refractivity contribution in [1.29, 1.82) is 0 Å². The molecule has 5 rings (SSSR count). The van der Waals surface area contributed by atoms with E-state index in [1.807, 2.05) is 36.4 Å². The highest BCUT2D eigenvalue weighted by Gasteiger charge is 2.48. The highest BCUT2D eigenvalue weighted by Crippen LogP contribution is 2.52. The Labute approximate surface area is 180 Å². The Balaban J connectivity index is 1.49. The van der Waals surface area contributed by atoms with Gasteiger partial charge in [-0.15, -0.1) is 0 Å². The Hall–Kier alpha value is -2.52. The maximum atomic E-state index is 10.6. The van der Waals surface area contributed by atoms with Gasteiger partial charge >= 0.3 is 0 Å². The summed E-state index contributed by atoms with van der Waals surface area (Å²) in [7, 11) is 3.16. The summed E-state index contributed by atoms with van der Waals surface area (Å²) < 4.78 is 33.6. The van der Waals surface area contributed by atoms with Gasteiger partial charge < -0.3 is 38.6 Å². The third-order valence-electron chi connectivity index (χ3n) is 6.34. The van der Waals surface area contributed by atoms with Crippen LogP contribution in [0.3, 0.4) is 0 Å². The normalized spacial score (nSPS) is 31.7. The van der Waals surface area contributed by atoms with Gasteiger partial charge in [-0.05, 0) is 35.4 Å². The summed E-state index contributed by atoms with van der Waals surface area (Å²) in [5.41, 5.74) is 1.73. The predicted molar refractivity (Wildman–Crippen MR) is 108 cm³/mol. The van der Waals surface area contributed by atoms with Crippen LogP contribution in [-0.2, 0) is 9.47 Å². The summed E-state index contributed by atoms with van der Waals surface area (Å²) >= 11 is 0. The molecule has 0 bridgehead atoms. The maximum absolute atomic E-state index is 10.6. The van der Waals surface area contributed by atoms with E-state index in [9.17, 15) is 10.2 Å². The van der Waals surface area contributed by atoms with Crippen molar-refractivity contribution in [3.05, 3.63) is 47.5 Å². The van der Waals surface area contributed by atoms with Crippen molar-refractivity contribution in [3.8, 4) is 23.0 Å². The molecule has 8 heteroatoms. The van der Waals surface area contributed by atoms with E-state index in [0.29, 0.717) is 35.8 Å². The van der Waals surface area contributed by atoms with Gasteiger partial charge in [0.25, 0.3) is 0 Å². The molecule has 0 spiro atoms. The second-order valence-corrected chi connectivity index (χ2v) is 8.05. The Morgan fingerprint density at radius 1 is 0.742 bits per heavy atom. The molecule has 0 amide bonds. The molecule has 2 aromatic carbocycles. The molecule has 31 heavy (non-hydrogen) atoms. The molecule has 0 saturated carbocycles. The predicted octanol–water partition coefficient (Wildman–Crippen LogP) is 2.92. The number of methoxy groups -OCH3 is 2. The lowest BCUT2D eigenvalue weighted by molar-refractivity contribution is -0.277. The van der Waals surface area contributed by atoms with E-state index in [4.69, 9.17) is 28.4 Å². The van der Waals surface area contributed by atoms with Crippen molar-refractivity contribution in [2.45, 2.75) is 37.6 Å². The van der Waals surface area contributed by atoms with Crippen LogP contribution >= 0.6 is 0 Å². The largest absolute Gasteiger partial charge is 0.493 e. The van der Waals surface area contributed by atoms with Crippen LogP contribution in [0.4, 0.5) is 0 Å². The molecule has 6 atom stereocenters. The second kappa shape index (κ2) is 8.20. The minimum absolute atomic E-state index is 0.0642. The molecule has 3 heterocycles. The zero-order chi connectivity index (χ0) is 21.5. The van der Waals surface area contributed by atoms with Crippen LogP contribution in [-0.4, -0.2) is 43.8 Å². The molecule has 0 radical (unpaired) electrons. The van der Waals surface area contributed by atoms with Gasteiger partial charge in [0, 0.05) is 24.7 Å². The average Bonchev–Trinajstić information content (AvgIpc) is 3.26. The molecule has 0 aliphatic carbocycles. The summed E-state index contributed by atoms with van der Waals surface area (Å²) in [6, 6.07) is 11.2. The second-order valence-electron chi connectivity index (χ2n) is 8.05. The van der Waals surface area contributed by atoms with Crippen LogP contribution in [0.5, 0.6) is 23.0 Å². The number of aliphatic hydroxyl groups excluding tert-OH is 2. The number of benzene rings is 2. The zero-order valence-corrected chi connectivity index (χ0v) is 17.4. The lowest BCUT2D eigenvalue weighted by Crippen LogP contribution is -2.45. The van der Waals surface area contributed by atoms with Gasteiger partial charge in [-0.1, -0.05) is 12.1 Å². The maximum Gasteiger partial charge on any atom is 0.231 e. The number of fused-ring (bicyclic) bond motifs is 2. The van der Waals surface area contributed by atoms with Crippen molar-refractivity contribution >= 4 is 0 Å². The standard InChI is InChI=1S/C23H26O8/c1-26-16-5-3-12(7-18(16)27-2)22-14-9-21(25)31-23(15(14)10-20(24)30-22)13-4-6-17-19(8-13)29-11-28-17/h3-8,14-15,20-25H,9-11H2,1-2H3/t14-,15-,20?,21?,22+,23+/m1/s1. The Bertz CT molecular complexity index is 947. The van der Waals surface area contributed by atoms with Gasteiger partial charge in [0.2, 0.25) is 6.79 Å². The van der Waals surface area contributed by atoms with E-state index in [1.165, 1.54) is 0 Å². The first kappa shape index (κ1) is 20.4. The molecule has 0 aromatic heterocycles. The zero-order valence-electron chi connectivity index (χ0n) is 17.4. The minimum atomic E-state index is -0.949. The van der Waals surface area contributed by atoms with E-state index in [-0.39, 0.29) is 18.6 Å². The van der Waals surface area contributed by atoms with Gasteiger partial charge in [-0.25, -0.2) is 0 Å². The lowest BCUT2D eigenvalue weighted by atomic mass is 9.72. The molecule has 166 valence electrons. The fourth-order valence-corrected chi connectivity index (χ4v) is 4.93. The smallest absolute Gasteiger partial charge is 0.231 e. The monoisotopic (exact) mass is 430 g/mol. The number of hydrogen-bond donors (Lipinski definition) is 2. The summed E-state index contributed by atoms with van der Waals surface area (Å²) in [5, 5.41) is 21.1. The first-order chi connectivity index (χ1) is 15.1. The van der Waals surface area contributed by atoms with Crippen molar-refractivity contribution in [1.82, 2.24) is 0 Å². The highest BCUT2D eigenvalue weighted by molar-refractivity contribution is 5.46. The van der Waals surface area contributed by atoms with Crippen LogP contribution in [0.25, 0.3) is 0 Å². The molecule has 2 unspecified atom stereocenters. The molecular formula is C23H26O8. The number of rotatable bonds is 4. The Morgan fingerprint density at radius 2 is 1.32 bits per heavy atom. The summed E-state index contributed by atoms with van der Waals surface area (Å²) in [5.74, 6) is 2.41. The van der Waals surface area contributed by atoms with E-state index < -0.39 is 24.8 Å². The molecule has 2 saturated heterocycles. The van der Waals surface area contributed by atoms with E-state index in [0.717, 1.165) is 11.1 Å². The molecule has 3 aliphatic rings. The Kier molecular flexibility index (Phi) is 5.39. The molecular weight excluding hydrogens is 404 g/mol. The summed E-state index contributed by atoms with van der Waals surface area (Å²) in [6.07, 6.45) is -1.93. The van der Waals surface area contributed by atoms with Crippen molar-refractivity contribution in [3.63, 3.8) is 0 Å². The number of hydrogen-bond acceptors (Lipinski definition) is 8. The van der Waals surface area contributed by atoms with E-state index in [2.05, 4.69) is 0 Å². The topological polar surface area (TPSA) is 95.8 Å². The van der Waals surface area contributed by atoms with Crippen LogP contribution < -0.4 is 18.9 Å². The lowest BCUT2D eigenvalue weighted by Gasteiger charge is -2.48. The highest BCUT2D eigenvalue weighted by atomic mass is 16.7. The molecule has 2 N–H and O–H groups in total. The van der Waals surface area contributed by atoms with Gasteiger partial charge in [0.15, 0.2) is 35.6 Å². The molecule has 3 aliphatic heterocycles. The third-order valence-corrected chi connectivity index (χ3v) is 6.34. The minimum Gasteiger partial charge on any atom is -0.493 e. The van der Waals surface area contributed by atoms with Crippen LogP contribution in [0.2, 0.25) is 0 Å². The van der Waals surface area contributed by atoms with E-state index >= 15 is 0 Å². The molecule has 8 nitrogen and oxygen atoms in total. The van der Waals surface area contributed by atoms with Gasteiger partial charge in [0.05, 0.1) is 26.4 Å². The third kappa shape index (κ3) is 3.70. The first-order valence-corrected chi connectivity index (χ1v) is 10.4. The fraction of sp³-hybridized carbons (Fsp3) is 0.478. The van der Waals surface area contributed by atoms with Crippen molar-refractivity contribution in [2.24, 2.45) is 11.8 Å².